The first-order valence-corrected chi connectivity index (χ1v) is 9.83. The zero-order valence-corrected chi connectivity index (χ0v) is 20.8. The van der Waals surface area contributed by atoms with Gasteiger partial charge >= 0.3 is 0 Å². The minimum absolute atomic E-state index is 0. The summed E-state index contributed by atoms with van der Waals surface area (Å²) in [6.07, 6.45) is 2.50. The predicted molar refractivity (Wildman–Crippen MR) is 127 cm³/mol. The Bertz CT molecular complexity index is 931. The number of rotatable bonds is 4. The van der Waals surface area contributed by atoms with Gasteiger partial charge in [0.25, 0.3) is 0 Å². The van der Waals surface area contributed by atoms with Gasteiger partial charge in [-0.15, -0.1) is 0 Å². The second-order valence-electron chi connectivity index (χ2n) is 5.08. The summed E-state index contributed by atoms with van der Waals surface area (Å²) < 4.78 is 0. The van der Waals surface area contributed by atoms with Crippen LogP contribution in [0.1, 0.15) is 11.1 Å². The molecule has 0 saturated carbocycles. The van der Waals surface area contributed by atoms with Crippen LogP contribution in [0.25, 0.3) is 0 Å². The number of thiocarbonyl (C=S) groups is 2. The Kier molecular flexibility index (Phi) is 13.8. The molecule has 0 aliphatic carbocycles. The van der Waals surface area contributed by atoms with E-state index in [0.717, 1.165) is 0 Å². The summed E-state index contributed by atoms with van der Waals surface area (Å²) in [5.41, 5.74) is 15.4. The van der Waals surface area contributed by atoms with Crippen molar-refractivity contribution in [3.8, 4) is 11.5 Å². The SMILES string of the molecule is NC(=S)N/N=C/c1cc(Cl)cc(Cl)c1[O-].NC(=S)N/N=C/c1cc(Cl)cc(Cl)c1[O-].[Fe]. The van der Waals surface area contributed by atoms with E-state index in [1.54, 1.807) is 0 Å². The summed E-state index contributed by atoms with van der Waals surface area (Å²) >= 11 is 31.7. The molecule has 0 fully saturated rings. The Hall–Kier alpha value is -1.56. The van der Waals surface area contributed by atoms with Crippen molar-refractivity contribution in [1.82, 2.24) is 10.9 Å². The van der Waals surface area contributed by atoms with Crippen LogP contribution < -0.4 is 32.5 Å². The van der Waals surface area contributed by atoms with Crippen molar-refractivity contribution in [1.29, 1.82) is 0 Å². The number of hydrazone groups is 2. The molecular formula is C16H12Cl4FeN6O2S2-2. The first-order valence-electron chi connectivity index (χ1n) is 7.50. The van der Waals surface area contributed by atoms with E-state index in [2.05, 4.69) is 45.5 Å². The Morgan fingerprint density at radius 3 is 1.39 bits per heavy atom. The monoisotopic (exact) mass is 580 g/mol. The molecule has 0 bridgehead atoms. The van der Waals surface area contributed by atoms with Crippen LogP contribution in [0.2, 0.25) is 20.1 Å². The standard InChI is InChI=1S/2C8H7Cl2N3OS.Fe/c2*9-5-1-4(3-12-13-8(11)15)7(14)6(10)2-5;/h2*1-3,14H,(H3,11,13,15);/p-2/b2*12-3+;. The largest absolute Gasteiger partial charge is 0.871 e. The number of benzene rings is 2. The van der Waals surface area contributed by atoms with Gasteiger partial charge in [-0.05, 0) is 59.8 Å². The molecule has 0 unspecified atom stereocenters. The quantitative estimate of drug-likeness (QED) is 0.186. The second-order valence-corrected chi connectivity index (χ2v) is 7.65. The van der Waals surface area contributed by atoms with Gasteiger partial charge in [-0.3, -0.25) is 10.9 Å². The molecule has 0 heterocycles. The van der Waals surface area contributed by atoms with Gasteiger partial charge < -0.3 is 21.7 Å². The summed E-state index contributed by atoms with van der Waals surface area (Å²) in [5, 5.41) is 30.9. The first kappa shape index (κ1) is 29.4. The van der Waals surface area contributed by atoms with Crippen LogP contribution in [0.15, 0.2) is 34.5 Å². The molecule has 0 radical (unpaired) electrons. The maximum absolute atomic E-state index is 11.4. The molecule has 2 rings (SSSR count). The summed E-state index contributed by atoms with van der Waals surface area (Å²) in [4.78, 5) is 0. The van der Waals surface area contributed by atoms with E-state index in [9.17, 15) is 10.2 Å². The van der Waals surface area contributed by atoms with Gasteiger partial charge in [-0.1, -0.05) is 57.9 Å². The second kappa shape index (κ2) is 14.5. The fourth-order valence-corrected chi connectivity index (χ4v) is 2.81. The zero-order valence-electron chi connectivity index (χ0n) is 15.0. The molecule has 0 aliphatic rings. The minimum atomic E-state index is -0.352. The molecule has 31 heavy (non-hydrogen) atoms. The zero-order chi connectivity index (χ0) is 22.8. The Labute approximate surface area is 219 Å². The van der Waals surface area contributed by atoms with Gasteiger partial charge in [0.15, 0.2) is 10.2 Å². The molecule has 2 aromatic carbocycles. The van der Waals surface area contributed by atoms with E-state index in [-0.39, 0.29) is 60.0 Å². The van der Waals surface area contributed by atoms with Crippen LogP contribution in [0.5, 0.6) is 11.5 Å². The molecule has 2 aromatic rings. The number of nitrogens with one attached hydrogen (secondary N) is 2. The predicted octanol–water partition coefficient (Wildman–Crippen LogP) is 2.47. The van der Waals surface area contributed by atoms with Gasteiger partial charge in [0.1, 0.15) is 0 Å². The van der Waals surface area contributed by atoms with Gasteiger partial charge in [0.05, 0.1) is 12.4 Å². The summed E-state index contributed by atoms with van der Waals surface area (Å²) in [6, 6.07) is 5.62. The van der Waals surface area contributed by atoms with Crippen molar-refractivity contribution in [2.75, 3.05) is 0 Å². The van der Waals surface area contributed by atoms with Crippen molar-refractivity contribution in [2.45, 2.75) is 0 Å². The van der Waals surface area contributed by atoms with E-state index < -0.39 is 0 Å². The molecule has 0 saturated heterocycles. The van der Waals surface area contributed by atoms with Crippen LogP contribution in [0.3, 0.4) is 0 Å². The van der Waals surface area contributed by atoms with Crippen molar-refractivity contribution in [2.24, 2.45) is 21.7 Å². The number of nitrogens with zero attached hydrogens (tertiary/aromatic N) is 2. The Balaban J connectivity index is 0.000000562. The molecule has 168 valence electrons. The fourth-order valence-electron chi connectivity index (χ4n) is 1.68. The van der Waals surface area contributed by atoms with E-state index in [0.29, 0.717) is 10.0 Å². The molecule has 0 aromatic heterocycles. The molecule has 15 heteroatoms. The molecule has 0 spiro atoms. The fraction of sp³-hybridized carbons (Fsp3) is 0. The third kappa shape index (κ3) is 11.0. The summed E-state index contributed by atoms with van der Waals surface area (Å²) in [6.45, 7) is 0. The van der Waals surface area contributed by atoms with Crippen LogP contribution >= 0.6 is 70.8 Å². The van der Waals surface area contributed by atoms with Crippen LogP contribution in [0.4, 0.5) is 0 Å². The maximum Gasteiger partial charge on any atom is 0.184 e. The Morgan fingerprint density at radius 1 is 0.774 bits per heavy atom. The van der Waals surface area contributed by atoms with Gasteiger partial charge in [-0.25, -0.2) is 0 Å². The van der Waals surface area contributed by atoms with Crippen molar-refractivity contribution < 1.29 is 27.3 Å². The molecular weight excluding hydrogens is 570 g/mol. The van der Waals surface area contributed by atoms with E-state index in [1.807, 2.05) is 0 Å². The van der Waals surface area contributed by atoms with E-state index >= 15 is 0 Å². The first-order chi connectivity index (χ1) is 14.0. The Morgan fingerprint density at radius 2 is 1.10 bits per heavy atom. The minimum Gasteiger partial charge on any atom is -0.871 e. The average Bonchev–Trinajstić information content (AvgIpc) is 2.63. The van der Waals surface area contributed by atoms with Crippen molar-refractivity contribution in [3.05, 3.63) is 55.5 Å². The summed E-state index contributed by atoms with van der Waals surface area (Å²) in [7, 11) is 0. The van der Waals surface area contributed by atoms with Gasteiger partial charge in [0, 0.05) is 37.2 Å². The third-order valence-corrected chi connectivity index (χ3v) is 4.01. The van der Waals surface area contributed by atoms with Crippen LogP contribution in [0, 0.1) is 0 Å². The average molecular weight is 582 g/mol. The van der Waals surface area contributed by atoms with Gasteiger partial charge in [0.2, 0.25) is 0 Å². The van der Waals surface area contributed by atoms with E-state index in [1.165, 1.54) is 36.7 Å². The molecule has 0 atom stereocenters. The van der Waals surface area contributed by atoms with Gasteiger partial charge in [-0.2, -0.15) is 10.2 Å². The number of hydrogen-bond donors (Lipinski definition) is 4. The number of halogens is 4. The third-order valence-electron chi connectivity index (χ3n) is 2.83. The van der Waals surface area contributed by atoms with E-state index in [4.69, 9.17) is 57.9 Å². The molecule has 6 N–H and O–H groups in total. The molecule has 0 amide bonds. The number of nitrogens with two attached hydrogens (primary N) is 2. The smallest absolute Gasteiger partial charge is 0.184 e. The topological polar surface area (TPSA) is 147 Å². The molecule has 0 aliphatic heterocycles. The van der Waals surface area contributed by atoms with Crippen molar-refractivity contribution in [3.63, 3.8) is 0 Å². The summed E-state index contributed by atoms with van der Waals surface area (Å²) in [5.74, 6) is -0.705. The number of hydrogen-bond acceptors (Lipinski definition) is 6. The van der Waals surface area contributed by atoms with Crippen LogP contribution in [-0.2, 0) is 17.1 Å². The molecule has 8 nitrogen and oxygen atoms in total. The maximum atomic E-state index is 11.4. The normalized spacial score (nSPS) is 10.2. The van der Waals surface area contributed by atoms with Crippen LogP contribution in [-0.4, -0.2) is 22.7 Å². The van der Waals surface area contributed by atoms with Crippen molar-refractivity contribution >= 4 is 93.5 Å².